The minimum absolute atomic E-state index is 0.0605. The van der Waals surface area contributed by atoms with Gasteiger partial charge in [-0.3, -0.25) is 13.9 Å². The molecule has 2 atom stereocenters. The SMILES string of the molecule is CCC(C)NC(=O)C(Cc1ccccc1)N(Cc1ccccc1)C(=O)CN(c1ccc(F)cc1)S(=O)(=O)c1ccc(OC)cc1. The molecule has 0 aliphatic carbocycles. The average molecular weight is 632 g/mol. The molecule has 2 amide bonds. The Morgan fingerprint density at radius 1 is 0.844 bits per heavy atom. The van der Waals surface area contributed by atoms with Crippen LogP contribution in [0.2, 0.25) is 0 Å². The minimum Gasteiger partial charge on any atom is -0.497 e. The molecule has 4 rings (SSSR count). The van der Waals surface area contributed by atoms with Crippen molar-refractivity contribution in [3.8, 4) is 5.75 Å². The molecule has 8 nitrogen and oxygen atoms in total. The van der Waals surface area contributed by atoms with Gasteiger partial charge in [0.15, 0.2) is 0 Å². The zero-order valence-corrected chi connectivity index (χ0v) is 26.4. The van der Waals surface area contributed by atoms with Crippen molar-refractivity contribution in [2.45, 2.75) is 50.2 Å². The van der Waals surface area contributed by atoms with Gasteiger partial charge < -0.3 is 15.0 Å². The molecule has 0 aliphatic rings. The van der Waals surface area contributed by atoms with Crippen molar-refractivity contribution >= 4 is 27.5 Å². The summed E-state index contributed by atoms with van der Waals surface area (Å²) in [4.78, 5) is 29.6. The molecule has 0 aromatic heterocycles. The number of halogens is 1. The van der Waals surface area contributed by atoms with Crippen molar-refractivity contribution < 1.29 is 27.1 Å². The summed E-state index contributed by atoms with van der Waals surface area (Å²) in [5.41, 5.74) is 1.71. The predicted molar refractivity (Wildman–Crippen MR) is 173 cm³/mol. The van der Waals surface area contributed by atoms with Crippen molar-refractivity contribution in [1.29, 1.82) is 0 Å². The van der Waals surface area contributed by atoms with E-state index in [0.29, 0.717) is 12.2 Å². The van der Waals surface area contributed by atoms with Crippen LogP contribution in [0.15, 0.2) is 114 Å². The molecule has 4 aromatic carbocycles. The predicted octanol–water partition coefficient (Wildman–Crippen LogP) is 5.58. The van der Waals surface area contributed by atoms with E-state index in [9.17, 15) is 22.4 Å². The Morgan fingerprint density at radius 3 is 1.98 bits per heavy atom. The molecule has 0 radical (unpaired) electrons. The molecule has 0 bridgehead atoms. The summed E-state index contributed by atoms with van der Waals surface area (Å²) >= 11 is 0. The summed E-state index contributed by atoms with van der Waals surface area (Å²) in [6.45, 7) is 3.27. The van der Waals surface area contributed by atoms with Gasteiger partial charge in [-0.15, -0.1) is 0 Å². The lowest BCUT2D eigenvalue weighted by atomic mass is 10.0. The number of anilines is 1. The fourth-order valence-corrected chi connectivity index (χ4v) is 6.20. The molecule has 4 aromatic rings. The van der Waals surface area contributed by atoms with Crippen LogP contribution in [0, 0.1) is 5.82 Å². The maximum atomic E-state index is 14.4. The van der Waals surface area contributed by atoms with Gasteiger partial charge in [0.25, 0.3) is 10.0 Å². The molecule has 10 heteroatoms. The van der Waals surface area contributed by atoms with Crippen molar-refractivity contribution in [2.75, 3.05) is 18.0 Å². The molecule has 1 N–H and O–H groups in total. The lowest BCUT2D eigenvalue weighted by Crippen LogP contribution is -2.54. The second-order valence-corrected chi connectivity index (χ2v) is 12.6. The first-order chi connectivity index (χ1) is 21.6. The van der Waals surface area contributed by atoms with Crippen LogP contribution in [-0.2, 0) is 32.6 Å². The van der Waals surface area contributed by atoms with E-state index in [1.165, 1.54) is 48.4 Å². The van der Waals surface area contributed by atoms with Gasteiger partial charge in [-0.05, 0) is 73.0 Å². The smallest absolute Gasteiger partial charge is 0.264 e. The fraction of sp³-hybridized carbons (Fsp3) is 0.257. The zero-order chi connectivity index (χ0) is 32.4. The van der Waals surface area contributed by atoms with Gasteiger partial charge in [-0.1, -0.05) is 67.6 Å². The van der Waals surface area contributed by atoms with E-state index >= 15 is 0 Å². The highest BCUT2D eigenvalue weighted by Gasteiger charge is 2.35. The highest BCUT2D eigenvalue weighted by molar-refractivity contribution is 7.92. The van der Waals surface area contributed by atoms with E-state index in [1.807, 2.05) is 74.5 Å². The first kappa shape index (κ1) is 33.2. The largest absolute Gasteiger partial charge is 0.497 e. The summed E-state index contributed by atoms with van der Waals surface area (Å²) in [6.07, 6.45) is 0.901. The maximum Gasteiger partial charge on any atom is 0.264 e. The lowest BCUT2D eigenvalue weighted by Gasteiger charge is -2.34. The van der Waals surface area contributed by atoms with Gasteiger partial charge >= 0.3 is 0 Å². The number of methoxy groups -OCH3 is 1. The average Bonchev–Trinajstić information content (AvgIpc) is 3.06. The second-order valence-electron chi connectivity index (χ2n) is 10.7. The van der Waals surface area contributed by atoms with E-state index in [-0.39, 0.29) is 35.5 Å². The van der Waals surface area contributed by atoms with Crippen LogP contribution in [0.4, 0.5) is 10.1 Å². The molecule has 0 spiro atoms. The van der Waals surface area contributed by atoms with Crippen molar-refractivity contribution in [3.05, 3.63) is 126 Å². The van der Waals surface area contributed by atoms with Crippen LogP contribution in [0.3, 0.4) is 0 Å². The number of hydrogen-bond acceptors (Lipinski definition) is 5. The molecular formula is C35H38FN3O5S. The van der Waals surface area contributed by atoms with Crippen LogP contribution < -0.4 is 14.4 Å². The number of amides is 2. The molecule has 45 heavy (non-hydrogen) atoms. The Kier molecular flexibility index (Phi) is 11.3. The van der Waals surface area contributed by atoms with E-state index in [0.717, 1.165) is 27.6 Å². The Morgan fingerprint density at radius 2 is 1.42 bits per heavy atom. The van der Waals surface area contributed by atoms with E-state index in [2.05, 4.69) is 5.32 Å². The Bertz CT molecular complexity index is 1650. The minimum atomic E-state index is -4.31. The summed E-state index contributed by atoms with van der Waals surface area (Å²) in [5, 5.41) is 3.01. The van der Waals surface area contributed by atoms with E-state index in [1.54, 1.807) is 0 Å². The highest BCUT2D eigenvalue weighted by atomic mass is 32.2. The van der Waals surface area contributed by atoms with E-state index in [4.69, 9.17) is 4.74 Å². The van der Waals surface area contributed by atoms with Crippen molar-refractivity contribution in [2.24, 2.45) is 0 Å². The molecule has 0 saturated carbocycles. The fourth-order valence-electron chi connectivity index (χ4n) is 4.79. The first-order valence-corrected chi connectivity index (χ1v) is 16.2. The van der Waals surface area contributed by atoms with Gasteiger partial charge in [-0.2, -0.15) is 0 Å². The van der Waals surface area contributed by atoms with E-state index < -0.39 is 34.3 Å². The number of hydrogen-bond donors (Lipinski definition) is 1. The highest BCUT2D eigenvalue weighted by Crippen LogP contribution is 2.26. The number of carbonyl (C=O) groups excluding carboxylic acids is 2. The summed E-state index contributed by atoms with van der Waals surface area (Å²) in [6, 6.07) is 28.1. The molecule has 0 heterocycles. The van der Waals surface area contributed by atoms with Gasteiger partial charge in [0.2, 0.25) is 11.8 Å². The molecule has 0 aliphatic heterocycles. The van der Waals surface area contributed by atoms with Gasteiger partial charge in [0.1, 0.15) is 24.2 Å². The first-order valence-electron chi connectivity index (χ1n) is 14.7. The van der Waals surface area contributed by atoms with Crippen molar-refractivity contribution in [3.63, 3.8) is 0 Å². The topological polar surface area (TPSA) is 96.0 Å². The Labute approximate surface area is 264 Å². The molecular weight excluding hydrogens is 593 g/mol. The number of nitrogens with zero attached hydrogens (tertiary/aromatic N) is 2. The number of ether oxygens (including phenoxy) is 1. The number of benzene rings is 4. The third-order valence-electron chi connectivity index (χ3n) is 7.51. The summed E-state index contributed by atoms with van der Waals surface area (Å²) in [5.74, 6) is -1.03. The van der Waals surface area contributed by atoms with Crippen LogP contribution in [-0.4, -0.2) is 50.9 Å². The lowest BCUT2D eigenvalue weighted by molar-refractivity contribution is -0.140. The van der Waals surface area contributed by atoms with Crippen molar-refractivity contribution in [1.82, 2.24) is 10.2 Å². The molecule has 236 valence electrons. The third kappa shape index (κ3) is 8.69. The number of nitrogens with one attached hydrogen (secondary N) is 1. The monoisotopic (exact) mass is 631 g/mol. The zero-order valence-electron chi connectivity index (χ0n) is 25.6. The van der Waals surface area contributed by atoms with Crippen LogP contribution in [0.1, 0.15) is 31.4 Å². The molecule has 2 unspecified atom stereocenters. The van der Waals surface area contributed by atoms with Crippen LogP contribution >= 0.6 is 0 Å². The standard InChI is InChI=1S/C35H38FN3O5S/c1-4-26(2)37-35(41)33(23-27-11-7-5-8-12-27)38(24-28-13-9-6-10-14-28)34(40)25-39(30-17-15-29(36)16-18-30)45(42,43)32-21-19-31(44-3)20-22-32/h5-22,26,33H,4,23-25H2,1-3H3,(H,37,41). The van der Waals surface area contributed by atoms with Gasteiger partial charge in [0.05, 0.1) is 17.7 Å². The normalized spacial score (nSPS) is 12.5. The maximum absolute atomic E-state index is 14.4. The third-order valence-corrected chi connectivity index (χ3v) is 9.30. The summed E-state index contributed by atoms with van der Waals surface area (Å²) in [7, 11) is -2.84. The number of carbonyl (C=O) groups is 2. The molecule has 0 saturated heterocycles. The van der Waals surface area contributed by atoms with Crippen LogP contribution in [0.5, 0.6) is 5.75 Å². The Balaban J connectivity index is 1.79. The second kappa shape index (κ2) is 15.3. The van der Waals surface area contributed by atoms with Gasteiger partial charge in [0, 0.05) is 19.0 Å². The number of rotatable bonds is 14. The summed E-state index contributed by atoms with van der Waals surface area (Å²) < 4.78 is 48.2. The van der Waals surface area contributed by atoms with Crippen LogP contribution in [0.25, 0.3) is 0 Å². The quantitative estimate of drug-likeness (QED) is 0.196. The molecule has 0 fully saturated rings. The number of sulfonamides is 1. The Hall–Kier alpha value is -4.70. The van der Waals surface area contributed by atoms with Gasteiger partial charge in [-0.25, -0.2) is 12.8 Å².